The molecular formula is C12H22O. The summed E-state index contributed by atoms with van der Waals surface area (Å²) in [4.78, 5) is 10.5. The summed E-state index contributed by atoms with van der Waals surface area (Å²) in [7, 11) is 0. The van der Waals surface area contributed by atoms with Gasteiger partial charge in [-0.25, -0.2) is 0 Å². The van der Waals surface area contributed by atoms with Crippen molar-refractivity contribution in [2.24, 2.45) is 5.92 Å². The van der Waals surface area contributed by atoms with Crippen molar-refractivity contribution >= 4 is 6.29 Å². The zero-order valence-corrected chi connectivity index (χ0v) is 8.80. The van der Waals surface area contributed by atoms with Crippen molar-refractivity contribution in [2.45, 2.75) is 51.9 Å². The average Bonchev–Trinajstić information content (AvgIpc) is 2.17. The highest BCUT2D eigenvalue weighted by atomic mass is 16.1. The number of allylic oxidation sites excluding steroid dienone is 1. The van der Waals surface area contributed by atoms with Crippen molar-refractivity contribution in [3.63, 3.8) is 0 Å². The normalized spacial score (nSPS) is 12.4. The van der Waals surface area contributed by atoms with Gasteiger partial charge in [-0.05, 0) is 25.7 Å². The lowest BCUT2D eigenvalue weighted by Crippen LogP contribution is -1.99. The van der Waals surface area contributed by atoms with Crippen molar-refractivity contribution in [1.29, 1.82) is 0 Å². The molecule has 0 heterocycles. The van der Waals surface area contributed by atoms with Crippen LogP contribution in [0.2, 0.25) is 0 Å². The Morgan fingerprint density at radius 1 is 1.23 bits per heavy atom. The van der Waals surface area contributed by atoms with Gasteiger partial charge in [0.2, 0.25) is 0 Å². The Balaban J connectivity index is 3.14. The Labute approximate surface area is 82.2 Å². The van der Waals surface area contributed by atoms with E-state index in [9.17, 15) is 4.79 Å². The molecule has 0 fully saturated rings. The van der Waals surface area contributed by atoms with Crippen LogP contribution in [0.15, 0.2) is 12.7 Å². The van der Waals surface area contributed by atoms with Crippen molar-refractivity contribution in [1.82, 2.24) is 0 Å². The van der Waals surface area contributed by atoms with Crippen LogP contribution >= 0.6 is 0 Å². The third-order valence-corrected chi connectivity index (χ3v) is 2.45. The molecule has 0 aromatic rings. The number of carbonyl (C=O) groups excluding carboxylic acids is 1. The molecule has 0 aliphatic heterocycles. The van der Waals surface area contributed by atoms with E-state index in [0.29, 0.717) is 5.92 Å². The monoisotopic (exact) mass is 182 g/mol. The summed E-state index contributed by atoms with van der Waals surface area (Å²) in [6.45, 7) is 5.77. The van der Waals surface area contributed by atoms with Crippen LogP contribution in [-0.2, 0) is 4.79 Å². The van der Waals surface area contributed by atoms with Gasteiger partial charge in [-0.2, -0.15) is 0 Å². The van der Waals surface area contributed by atoms with Crippen LogP contribution in [-0.4, -0.2) is 6.29 Å². The molecule has 0 saturated carbocycles. The Bertz CT molecular complexity index is 129. The highest BCUT2D eigenvalue weighted by Gasteiger charge is 2.02. The Morgan fingerprint density at radius 2 is 1.92 bits per heavy atom. The lowest BCUT2D eigenvalue weighted by atomic mass is 9.99. The summed E-state index contributed by atoms with van der Waals surface area (Å²) >= 11 is 0. The average molecular weight is 182 g/mol. The lowest BCUT2D eigenvalue weighted by molar-refractivity contribution is -0.111. The fraction of sp³-hybridized carbons (Fsp3) is 0.750. The van der Waals surface area contributed by atoms with Gasteiger partial charge in [0.1, 0.15) is 6.29 Å². The van der Waals surface area contributed by atoms with E-state index in [0.717, 1.165) is 25.5 Å². The molecule has 0 spiro atoms. The number of carbonyl (C=O) groups is 1. The maximum atomic E-state index is 10.5. The highest BCUT2D eigenvalue weighted by molar-refractivity contribution is 5.53. The molecule has 0 radical (unpaired) electrons. The minimum absolute atomic E-state index is 0.305. The second-order valence-corrected chi connectivity index (χ2v) is 3.58. The maximum absolute atomic E-state index is 10.5. The van der Waals surface area contributed by atoms with Crippen LogP contribution < -0.4 is 0 Å². The summed E-state index contributed by atoms with van der Waals surface area (Å²) in [6.07, 6.45) is 11.3. The number of aldehydes is 1. The molecule has 0 bridgehead atoms. The van der Waals surface area contributed by atoms with Gasteiger partial charge in [0.15, 0.2) is 0 Å². The maximum Gasteiger partial charge on any atom is 0.123 e. The Hall–Kier alpha value is -0.590. The molecule has 0 rings (SSSR count). The largest absolute Gasteiger partial charge is 0.303 e. The van der Waals surface area contributed by atoms with Gasteiger partial charge in [0.05, 0.1) is 0 Å². The first-order valence-corrected chi connectivity index (χ1v) is 5.41. The predicted octanol–water partition coefficient (Wildman–Crippen LogP) is 3.74. The molecule has 1 nitrogen and oxygen atoms in total. The van der Waals surface area contributed by atoms with E-state index < -0.39 is 0 Å². The molecule has 0 N–H and O–H groups in total. The predicted molar refractivity (Wildman–Crippen MR) is 57.7 cm³/mol. The van der Waals surface area contributed by atoms with E-state index in [2.05, 4.69) is 13.5 Å². The zero-order chi connectivity index (χ0) is 9.94. The Morgan fingerprint density at radius 3 is 2.46 bits per heavy atom. The molecule has 0 aromatic carbocycles. The number of hydrogen-bond donors (Lipinski definition) is 0. The molecular weight excluding hydrogens is 160 g/mol. The van der Waals surface area contributed by atoms with Gasteiger partial charge >= 0.3 is 0 Å². The first-order chi connectivity index (χ1) is 6.35. The van der Waals surface area contributed by atoms with Gasteiger partial charge in [0.25, 0.3) is 0 Å². The van der Waals surface area contributed by atoms with Crippen LogP contribution in [0.4, 0.5) is 0 Å². The van der Waals surface area contributed by atoms with Crippen molar-refractivity contribution in [3.05, 3.63) is 12.7 Å². The first kappa shape index (κ1) is 12.4. The molecule has 0 saturated heterocycles. The summed E-state index contributed by atoms with van der Waals surface area (Å²) in [5.74, 6) is 0.305. The summed E-state index contributed by atoms with van der Waals surface area (Å²) in [6, 6.07) is 0. The van der Waals surface area contributed by atoms with Crippen LogP contribution in [0, 0.1) is 5.92 Å². The van der Waals surface area contributed by atoms with Crippen LogP contribution in [0.1, 0.15) is 51.9 Å². The number of unbranched alkanes of at least 4 members (excludes halogenated alkanes) is 4. The van der Waals surface area contributed by atoms with E-state index in [1.807, 2.05) is 6.08 Å². The minimum atomic E-state index is 0.305. The second-order valence-electron chi connectivity index (χ2n) is 3.58. The van der Waals surface area contributed by atoms with Gasteiger partial charge < -0.3 is 4.79 Å². The fourth-order valence-corrected chi connectivity index (χ4v) is 1.42. The molecule has 0 aliphatic carbocycles. The molecule has 1 heteroatoms. The molecule has 0 amide bonds. The second kappa shape index (κ2) is 9.50. The van der Waals surface area contributed by atoms with Crippen LogP contribution in [0.3, 0.4) is 0 Å². The first-order valence-electron chi connectivity index (χ1n) is 5.41. The van der Waals surface area contributed by atoms with Gasteiger partial charge in [-0.1, -0.05) is 32.3 Å². The molecule has 0 aliphatic rings. The molecule has 76 valence electrons. The lowest BCUT2D eigenvalue weighted by Gasteiger charge is -2.05. The van der Waals surface area contributed by atoms with Crippen LogP contribution in [0.25, 0.3) is 0 Å². The molecule has 0 aromatic heterocycles. The summed E-state index contributed by atoms with van der Waals surface area (Å²) in [5, 5.41) is 0. The Kier molecular flexibility index (Phi) is 9.07. The van der Waals surface area contributed by atoms with E-state index in [4.69, 9.17) is 0 Å². The highest BCUT2D eigenvalue weighted by Crippen LogP contribution is 2.12. The molecule has 1 atom stereocenters. The fourth-order valence-electron chi connectivity index (χ4n) is 1.42. The smallest absolute Gasteiger partial charge is 0.123 e. The summed E-state index contributed by atoms with van der Waals surface area (Å²) in [5.41, 5.74) is 0. The topological polar surface area (TPSA) is 17.1 Å². The third-order valence-electron chi connectivity index (χ3n) is 2.45. The van der Waals surface area contributed by atoms with E-state index in [1.54, 1.807) is 0 Å². The van der Waals surface area contributed by atoms with E-state index in [-0.39, 0.29) is 0 Å². The van der Waals surface area contributed by atoms with Crippen molar-refractivity contribution in [2.75, 3.05) is 0 Å². The minimum Gasteiger partial charge on any atom is -0.303 e. The zero-order valence-electron chi connectivity index (χ0n) is 8.80. The van der Waals surface area contributed by atoms with Crippen molar-refractivity contribution in [3.8, 4) is 0 Å². The number of rotatable bonds is 9. The molecule has 13 heavy (non-hydrogen) atoms. The summed E-state index contributed by atoms with van der Waals surface area (Å²) < 4.78 is 0. The molecule has 1 unspecified atom stereocenters. The SMILES string of the molecule is C=CCCCCCCC(C=O)CC. The van der Waals surface area contributed by atoms with Crippen LogP contribution in [0.5, 0.6) is 0 Å². The third kappa shape index (κ3) is 7.76. The standard InChI is InChI=1S/C12H22O/c1-3-5-6-7-8-9-10-12(4-2)11-13/h3,11-12H,1,4-10H2,2H3. The van der Waals surface area contributed by atoms with Gasteiger partial charge in [0, 0.05) is 5.92 Å². The quantitative estimate of drug-likeness (QED) is 0.301. The number of hydrogen-bond acceptors (Lipinski definition) is 1. The van der Waals surface area contributed by atoms with Gasteiger partial charge in [-0.3, -0.25) is 0 Å². The van der Waals surface area contributed by atoms with E-state index in [1.165, 1.54) is 25.7 Å². The van der Waals surface area contributed by atoms with Crippen molar-refractivity contribution < 1.29 is 4.79 Å². The van der Waals surface area contributed by atoms with Gasteiger partial charge in [-0.15, -0.1) is 6.58 Å². The van der Waals surface area contributed by atoms with E-state index >= 15 is 0 Å².